The lowest BCUT2D eigenvalue weighted by Crippen LogP contribution is -2.04. The van der Waals surface area contributed by atoms with Crippen molar-refractivity contribution >= 4 is 81.4 Å². The number of rotatable bonds is 6. The first-order chi connectivity index (χ1) is 18.2. The molecule has 0 fully saturated rings. The zero-order valence-electron chi connectivity index (χ0n) is 19.6. The Bertz CT molecular complexity index is 1610. The number of hydrogen-bond acceptors (Lipinski definition) is 4. The van der Waals surface area contributed by atoms with E-state index in [4.69, 9.17) is 0 Å². The van der Waals surface area contributed by atoms with Crippen molar-refractivity contribution in [2.45, 2.75) is 11.8 Å². The van der Waals surface area contributed by atoms with Crippen LogP contribution < -0.4 is 0 Å². The van der Waals surface area contributed by atoms with E-state index in [9.17, 15) is 0 Å². The van der Waals surface area contributed by atoms with Gasteiger partial charge in [0.25, 0.3) is 0 Å². The van der Waals surface area contributed by atoms with Gasteiger partial charge in [-0.3, -0.25) is 0 Å². The molecule has 0 radical (unpaired) electrons. The van der Waals surface area contributed by atoms with Gasteiger partial charge < -0.3 is 0 Å². The lowest BCUT2D eigenvalue weighted by atomic mass is 9.89. The summed E-state index contributed by atoms with van der Waals surface area (Å²) in [7, 11) is 0. The van der Waals surface area contributed by atoms with E-state index in [0.29, 0.717) is 0 Å². The van der Waals surface area contributed by atoms with E-state index < -0.39 is 0 Å². The van der Waals surface area contributed by atoms with E-state index in [1.54, 1.807) is 0 Å². The summed E-state index contributed by atoms with van der Waals surface area (Å²) in [5.74, 6) is 0.417. The monoisotopic (exact) mass is 612 g/mol. The predicted octanol–water partition coefficient (Wildman–Crippen LogP) is 11.4. The molecule has 0 nitrogen and oxygen atoms in total. The highest BCUT2D eigenvalue weighted by Crippen LogP contribution is 2.45. The molecule has 4 aromatic heterocycles. The lowest BCUT2D eigenvalue weighted by Gasteiger charge is -2.20. The van der Waals surface area contributed by atoms with Crippen LogP contribution in [0, 0.1) is 0 Å². The van der Waals surface area contributed by atoms with Crippen LogP contribution in [0.3, 0.4) is 0 Å². The van der Waals surface area contributed by atoms with Crippen LogP contribution in [-0.2, 0) is 0 Å². The SMILES string of the molecule is Brc1cc(C(c2cccs2)c2cc3ccccc3s2)cc(C(c2cccs2)c2cc3ccccc3s2)c1. The molecule has 0 N–H and O–H groups in total. The maximum Gasteiger partial charge on any atom is 0.0528 e. The third-order valence-electron chi connectivity index (χ3n) is 6.72. The van der Waals surface area contributed by atoms with Crippen molar-refractivity contribution < 1.29 is 0 Å². The Morgan fingerprint density at radius 3 is 1.41 bits per heavy atom. The molecule has 37 heavy (non-hydrogen) atoms. The van der Waals surface area contributed by atoms with Crippen molar-refractivity contribution in [3.8, 4) is 0 Å². The standard InChI is InChI=1S/C32H21BrS4/c33-24-16-22(31(27-11-5-13-34-27)29-18-20-7-1-3-9-25(20)36-29)15-23(17-24)32(28-12-6-14-35-28)30-19-21-8-2-4-10-26(21)37-30/h1-19,31-32H. The highest BCUT2D eigenvalue weighted by molar-refractivity contribution is 9.10. The topological polar surface area (TPSA) is 0 Å². The van der Waals surface area contributed by atoms with Crippen LogP contribution in [0.25, 0.3) is 20.2 Å². The number of benzene rings is 3. The first kappa shape index (κ1) is 23.6. The summed E-state index contributed by atoms with van der Waals surface area (Å²) in [4.78, 5) is 5.54. The van der Waals surface area contributed by atoms with E-state index in [-0.39, 0.29) is 11.8 Å². The number of hydrogen-bond donors (Lipinski definition) is 0. The van der Waals surface area contributed by atoms with E-state index in [2.05, 4.69) is 130 Å². The Hall–Kier alpha value is -2.54. The second-order valence-corrected chi connectivity index (χ2v) is 14.2. The van der Waals surface area contributed by atoms with Crippen molar-refractivity contribution in [3.63, 3.8) is 0 Å². The van der Waals surface area contributed by atoms with Crippen LogP contribution in [-0.4, -0.2) is 0 Å². The Balaban J connectivity index is 1.41. The van der Waals surface area contributed by atoms with Gasteiger partial charge in [0.1, 0.15) is 0 Å². The van der Waals surface area contributed by atoms with Gasteiger partial charge in [-0.05, 0) is 81.2 Å². The van der Waals surface area contributed by atoms with Gasteiger partial charge in [0, 0.05) is 33.4 Å². The molecule has 0 saturated carbocycles. The minimum Gasteiger partial charge on any atom is -0.148 e. The van der Waals surface area contributed by atoms with Gasteiger partial charge in [-0.15, -0.1) is 45.3 Å². The zero-order chi connectivity index (χ0) is 24.8. The van der Waals surface area contributed by atoms with Gasteiger partial charge in [-0.25, -0.2) is 0 Å². The molecular formula is C32H21BrS4. The molecule has 0 aliphatic carbocycles. The molecule has 5 heteroatoms. The van der Waals surface area contributed by atoms with E-state index in [1.165, 1.54) is 50.8 Å². The molecule has 7 aromatic rings. The quantitative estimate of drug-likeness (QED) is 0.175. The molecule has 0 amide bonds. The zero-order valence-corrected chi connectivity index (χ0v) is 24.5. The minimum atomic E-state index is 0.208. The molecule has 180 valence electrons. The summed E-state index contributed by atoms with van der Waals surface area (Å²) < 4.78 is 3.82. The third-order valence-corrected chi connectivity index (χ3v) is 11.4. The van der Waals surface area contributed by atoms with Crippen LogP contribution in [0.1, 0.15) is 42.5 Å². The molecule has 2 atom stereocenters. The van der Waals surface area contributed by atoms with Crippen molar-refractivity contribution in [3.05, 3.63) is 149 Å². The highest BCUT2D eigenvalue weighted by Gasteiger charge is 2.25. The average Bonchev–Trinajstić information content (AvgIpc) is 3.71. The first-order valence-corrected chi connectivity index (χ1v) is 16.3. The average molecular weight is 614 g/mol. The van der Waals surface area contributed by atoms with Gasteiger partial charge in [-0.2, -0.15) is 0 Å². The fourth-order valence-corrected chi connectivity index (χ4v) is 9.95. The normalized spacial score (nSPS) is 13.3. The summed E-state index contributed by atoms with van der Waals surface area (Å²) in [5, 5.41) is 7.03. The lowest BCUT2D eigenvalue weighted by molar-refractivity contribution is 0.989. The number of thiophene rings is 4. The molecule has 0 saturated heterocycles. The second-order valence-electron chi connectivity index (χ2n) is 9.09. The summed E-state index contributed by atoms with van der Waals surface area (Å²) >= 11 is 11.4. The molecule has 2 unspecified atom stereocenters. The van der Waals surface area contributed by atoms with Gasteiger partial charge in [0.15, 0.2) is 0 Å². The Morgan fingerprint density at radius 1 is 0.486 bits per heavy atom. The van der Waals surface area contributed by atoms with Gasteiger partial charge in [0.05, 0.1) is 11.8 Å². The minimum absolute atomic E-state index is 0.208. The summed E-state index contributed by atoms with van der Waals surface area (Å²) in [6, 6.07) is 38.2. The largest absolute Gasteiger partial charge is 0.148 e. The van der Waals surface area contributed by atoms with Gasteiger partial charge in [0.2, 0.25) is 0 Å². The molecule has 0 bridgehead atoms. The summed E-state index contributed by atoms with van der Waals surface area (Å²) in [5.41, 5.74) is 2.67. The van der Waals surface area contributed by atoms with Gasteiger partial charge in [-0.1, -0.05) is 70.5 Å². The van der Waals surface area contributed by atoms with Crippen LogP contribution >= 0.6 is 61.3 Å². The molecule has 0 spiro atoms. The molecular weight excluding hydrogens is 593 g/mol. The van der Waals surface area contributed by atoms with Crippen molar-refractivity contribution in [2.75, 3.05) is 0 Å². The van der Waals surface area contributed by atoms with E-state index in [0.717, 1.165) is 4.47 Å². The maximum absolute atomic E-state index is 3.90. The maximum atomic E-state index is 3.90. The molecule has 0 aliphatic rings. The fraction of sp³-hybridized carbons (Fsp3) is 0.0625. The first-order valence-electron chi connectivity index (χ1n) is 12.1. The van der Waals surface area contributed by atoms with E-state index >= 15 is 0 Å². The Kier molecular flexibility index (Phi) is 6.35. The van der Waals surface area contributed by atoms with Crippen LogP contribution in [0.15, 0.2) is 118 Å². The van der Waals surface area contributed by atoms with Gasteiger partial charge >= 0.3 is 0 Å². The van der Waals surface area contributed by atoms with Crippen LogP contribution in [0.5, 0.6) is 0 Å². The third kappa shape index (κ3) is 4.53. The number of fused-ring (bicyclic) bond motifs is 2. The smallest absolute Gasteiger partial charge is 0.0528 e. The van der Waals surface area contributed by atoms with Crippen molar-refractivity contribution in [2.24, 2.45) is 0 Å². The van der Waals surface area contributed by atoms with Crippen molar-refractivity contribution in [1.82, 2.24) is 0 Å². The fourth-order valence-electron chi connectivity index (χ4n) is 5.11. The second kappa shape index (κ2) is 9.97. The Morgan fingerprint density at radius 2 is 0.973 bits per heavy atom. The summed E-state index contributed by atoms with van der Waals surface area (Å²) in [6.07, 6.45) is 0. The molecule has 4 heterocycles. The Labute approximate surface area is 240 Å². The number of halogens is 1. The van der Waals surface area contributed by atoms with Crippen molar-refractivity contribution in [1.29, 1.82) is 0 Å². The van der Waals surface area contributed by atoms with Crippen LogP contribution in [0.2, 0.25) is 0 Å². The summed E-state index contributed by atoms with van der Waals surface area (Å²) in [6.45, 7) is 0. The predicted molar refractivity (Wildman–Crippen MR) is 168 cm³/mol. The van der Waals surface area contributed by atoms with E-state index in [1.807, 2.05) is 45.3 Å². The molecule has 7 rings (SSSR count). The molecule has 3 aromatic carbocycles. The van der Waals surface area contributed by atoms with Crippen LogP contribution in [0.4, 0.5) is 0 Å². The highest BCUT2D eigenvalue weighted by atomic mass is 79.9. The molecule has 0 aliphatic heterocycles.